The fourth-order valence-corrected chi connectivity index (χ4v) is 5.24. The normalized spacial score (nSPS) is 36.2. The van der Waals surface area contributed by atoms with Crippen LogP contribution in [0.3, 0.4) is 0 Å². The van der Waals surface area contributed by atoms with Gasteiger partial charge in [0, 0.05) is 25.0 Å². The number of rotatable bonds is 5. The Bertz CT molecular complexity index is 593. The maximum absolute atomic E-state index is 12.5. The first-order valence-corrected chi connectivity index (χ1v) is 11.1. The molecule has 0 aromatic carbocycles. The van der Waals surface area contributed by atoms with E-state index in [1.807, 2.05) is 4.90 Å². The first-order valence-electron chi connectivity index (χ1n) is 11.1. The van der Waals surface area contributed by atoms with Crippen LogP contribution in [-0.4, -0.2) is 47.9 Å². The Morgan fingerprint density at radius 1 is 1.04 bits per heavy atom. The smallest absolute Gasteiger partial charge is 0.311 e. The minimum Gasteiger partial charge on any atom is -0.455 e. The number of hydrogen-bond acceptors (Lipinski definition) is 4. The average molecular weight is 393 g/mol. The molecule has 158 valence electrons. The lowest BCUT2D eigenvalue weighted by molar-refractivity contribution is -0.152. The minimum atomic E-state index is -0.446. The maximum Gasteiger partial charge on any atom is 0.311 e. The van der Waals surface area contributed by atoms with Gasteiger partial charge in [-0.15, -0.1) is 0 Å². The number of ether oxygens (including phenoxy) is 1. The van der Waals surface area contributed by atoms with Crippen LogP contribution in [0.25, 0.3) is 0 Å². The molecule has 1 saturated heterocycles. The Morgan fingerprint density at radius 2 is 1.75 bits per heavy atom. The fourth-order valence-electron chi connectivity index (χ4n) is 5.24. The third-order valence-electron chi connectivity index (χ3n) is 7.36. The summed E-state index contributed by atoms with van der Waals surface area (Å²) in [7, 11) is 0. The van der Waals surface area contributed by atoms with Gasteiger partial charge in [-0.2, -0.15) is 0 Å². The predicted molar refractivity (Wildman–Crippen MR) is 106 cm³/mol. The summed E-state index contributed by atoms with van der Waals surface area (Å²) in [6.07, 6.45) is 8.03. The van der Waals surface area contributed by atoms with E-state index in [9.17, 15) is 14.4 Å². The molecule has 0 aromatic rings. The van der Waals surface area contributed by atoms with Crippen LogP contribution >= 0.6 is 0 Å². The molecular weight excluding hydrogens is 356 g/mol. The van der Waals surface area contributed by atoms with E-state index >= 15 is 0 Å². The molecule has 3 aliphatic rings. The second-order valence-electron chi connectivity index (χ2n) is 9.33. The predicted octanol–water partition coefficient (Wildman–Crippen LogP) is 2.90. The van der Waals surface area contributed by atoms with Gasteiger partial charge in [0.05, 0.1) is 5.92 Å². The molecule has 0 unspecified atom stereocenters. The lowest BCUT2D eigenvalue weighted by atomic mass is 9.77. The van der Waals surface area contributed by atoms with Gasteiger partial charge in [-0.1, -0.05) is 46.5 Å². The molecule has 6 atom stereocenters. The molecule has 6 heteroatoms. The van der Waals surface area contributed by atoms with Crippen LogP contribution in [0.2, 0.25) is 0 Å². The molecule has 2 saturated carbocycles. The zero-order valence-electron chi connectivity index (χ0n) is 17.6. The van der Waals surface area contributed by atoms with E-state index in [0.29, 0.717) is 24.3 Å². The zero-order chi connectivity index (χ0) is 20.3. The number of likely N-dealkylation sites (tertiary alicyclic amines) is 1. The molecule has 0 spiro atoms. The highest BCUT2D eigenvalue weighted by Gasteiger charge is 2.42. The van der Waals surface area contributed by atoms with E-state index in [1.165, 1.54) is 12.8 Å². The topological polar surface area (TPSA) is 75.7 Å². The highest BCUT2D eigenvalue weighted by Crippen LogP contribution is 2.36. The third-order valence-corrected chi connectivity index (χ3v) is 7.36. The minimum absolute atomic E-state index is 0.0494. The van der Waals surface area contributed by atoms with Crippen LogP contribution in [-0.2, 0) is 19.1 Å². The van der Waals surface area contributed by atoms with Crippen LogP contribution in [0, 0.1) is 23.7 Å². The second-order valence-corrected chi connectivity index (χ2v) is 9.33. The SMILES string of the molecule is C[C@@H]1[C@H](N2C[C@H](C(=O)OCC(=O)N[C@@H]3CCCC[C@H]3C)CC2=O)CCC[C@@H]1C. The summed E-state index contributed by atoms with van der Waals surface area (Å²) in [5, 5.41) is 3.00. The van der Waals surface area contributed by atoms with Crippen molar-refractivity contribution in [2.24, 2.45) is 23.7 Å². The van der Waals surface area contributed by atoms with Crippen molar-refractivity contribution in [2.75, 3.05) is 13.2 Å². The molecule has 6 nitrogen and oxygen atoms in total. The number of esters is 1. The van der Waals surface area contributed by atoms with Crippen molar-refractivity contribution in [2.45, 2.75) is 84.2 Å². The lowest BCUT2D eigenvalue weighted by Crippen LogP contribution is -2.45. The number of nitrogens with one attached hydrogen (secondary N) is 1. The Morgan fingerprint density at radius 3 is 2.50 bits per heavy atom. The summed E-state index contributed by atoms with van der Waals surface area (Å²) in [4.78, 5) is 39.0. The number of carbonyl (C=O) groups excluding carboxylic acids is 3. The molecule has 0 radical (unpaired) electrons. The highest BCUT2D eigenvalue weighted by molar-refractivity contribution is 5.88. The Balaban J connectivity index is 1.46. The van der Waals surface area contributed by atoms with Crippen molar-refractivity contribution in [3.05, 3.63) is 0 Å². The van der Waals surface area contributed by atoms with Gasteiger partial charge in [-0.25, -0.2) is 0 Å². The van der Waals surface area contributed by atoms with Crippen LogP contribution in [0.1, 0.15) is 72.1 Å². The van der Waals surface area contributed by atoms with Gasteiger partial charge in [0.25, 0.3) is 5.91 Å². The van der Waals surface area contributed by atoms with E-state index in [-0.39, 0.29) is 36.9 Å². The molecule has 1 N–H and O–H groups in total. The first-order chi connectivity index (χ1) is 13.4. The van der Waals surface area contributed by atoms with E-state index in [4.69, 9.17) is 4.74 Å². The molecule has 0 aromatic heterocycles. The summed E-state index contributed by atoms with van der Waals surface area (Å²) in [6, 6.07) is 0.406. The molecule has 1 aliphatic heterocycles. The van der Waals surface area contributed by atoms with Crippen molar-refractivity contribution in [3.63, 3.8) is 0 Å². The molecular formula is C22H36N2O4. The van der Waals surface area contributed by atoms with Crippen molar-refractivity contribution in [1.82, 2.24) is 10.2 Å². The van der Waals surface area contributed by atoms with Gasteiger partial charge >= 0.3 is 5.97 Å². The molecule has 1 heterocycles. The third kappa shape index (κ3) is 4.87. The number of hydrogen-bond donors (Lipinski definition) is 1. The zero-order valence-corrected chi connectivity index (χ0v) is 17.6. The van der Waals surface area contributed by atoms with Crippen molar-refractivity contribution >= 4 is 17.8 Å². The lowest BCUT2D eigenvalue weighted by Gasteiger charge is -2.39. The highest BCUT2D eigenvalue weighted by atomic mass is 16.5. The molecule has 3 fully saturated rings. The Kier molecular flexibility index (Phi) is 7.00. The van der Waals surface area contributed by atoms with E-state index < -0.39 is 11.9 Å². The quantitative estimate of drug-likeness (QED) is 0.730. The summed E-state index contributed by atoms with van der Waals surface area (Å²) in [5.41, 5.74) is 0. The van der Waals surface area contributed by atoms with Crippen molar-refractivity contribution < 1.29 is 19.1 Å². The monoisotopic (exact) mass is 392 g/mol. The van der Waals surface area contributed by atoms with Gasteiger partial charge in [-0.3, -0.25) is 14.4 Å². The van der Waals surface area contributed by atoms with E-state index in [1.54, 1.807) is 0 Å². The fraction of sp³-hybridized carbons (Fsp3) is 0.864. The largest absolute Gasteiger partial charge is 0.455 e. The Hall–Kier alpha value is -1.59. The average Bonchev–Trinajstić information content (AvgIpc) is 3.05. The second kappa shape index (κ2) is 9.27. The molecule has 28 heavy (non-hydrogen) atoms. The van der Waals surface area contributed by atoms with Crippen LogP contribution in [0.5, 0.6) is 0 Å². The van der Waals surface area contributed by atoms with E-state index in [0.717, 1.165) is 32.1 Å². The number of amides is 2. The van der Waals surface area contributed by atoms with Crippen LogP contribution < -0.4 is 5.32 Å². The van der Waals surface area contributed by atoms with E-state index in [2.05, 4.69) is 26.1 Å². The molecule has 2 aliphatic carbocycles. The van der Waals surface area contributed by atoms with Gasteiger partial charge in [0.2, 0.25) is 5.91 Å². The molecule has 2 amide bonds. The molecule has 0 bridgehead atoms. The molecule has 3 rings (SSSR count). The van der Waals surface area contributed by atoms with Gasteiger partial charge in [0.15, 0.2) is 6.61 Å². The van der Waals surface area contributed by atoms with Crippen LogP contribution in [0.4, 0.5) is 0 Å². The summed E-state index contributed by atoms with van der Waals surface area (Å²) < 4.78 is 5.27. The summed E-state index contributed by atoms with van der Waals surface area (Å²) >= 11 is 0. The van der Waals surface area contributed by atoms with Gasteiger partial charge in [0.1, 0.15) is 0 Å². The summed E-state index contributed by atoms with van der Waals surface area (Å²) in [5.74, 6) is 0.474. The number of nitrogens with zero attached hydrogens (tertiary/aromatic N) is 1. The van der Waals surface area contributed by atoms with Gasteiger partial charge in [-0.05, 0) is 37.0 Å². The maximum atomic E-state index is 12.5. The Labute approximate surface area is 168 Å². The van der Waals surface area contributed by atoms with Crippen molar-refractivity contribution in [3.8, 4) is 0 Å². The first kappa shape index (κ1) is 21.1. The standard InChI is InChI=1S/C22H36N2O4/c1-14-8-6-10-19(16(14)3)24-12-17(11-21(24)26)22(27)28-13-20(25)23-18-9-5-4-7-15(18)2/h14-19H,4-13H2,1-3H3,(H,23,25)/t14-,15+,16-,17+,18+,19+/m0/s1. The van der Waals surface area contributed by atoms with Crippen LogP contribution in [0.15, 0.2) is 0 Å². The van der Waals surface area contributed by atoms with Gasteiger partial charge < -0.3 is 15.0 Å². The van der Waals surface area contributed by atoms with Crippen molar-refractivity contribution in [1.29, 1.82) is 0 Å². The summed E-state index contributed by atoms with van der Waals surface area (Å²) in [6.45, 7) is 6.80. The number of carbonyl (C=O) groups is 3.